The SMILES string of the molecule is Cc1ccc(CNCc2cccc3cccnc23)cc1. The summed E-state index contributed by atoms with van der Waals surface area (Å²) in [5, 5.41) is 4.69. The molecule has 2 aromatic carbocycles. The minimum Gasteiger partial charge on any atom is -0.309 e. The van der Waals surface area contributed by atoms with Crippen LogP contribution in [0.2, 0.25) is 0 Å². The normalized spacial score (nSPS) is 10.8. The maximum absolute atomic E-state index is 4.48. The second kappa shape index (κ2) is 5.85. The molecule has 1 aromatic heterocycles. The molecule has 0 aliphatic rings. The van der Waals surface area contributed by atoms with Crippen LogP contribution in [0.15, 0.2) is 60.8 Å². The molecule has 3 rings (SSSR count). The van der Waals surface area contributed by atoms with Gasteiger partial charge in [-0.2, -0.15) is 0 Å². The lowest BCUT2D eigenvalue weighted by molar-refractivity contribution is 0.695. The average Bonchev–Trinajstić information content (AvgIpc) is 2.49. The van der Waals surface area contributed by atoms with Crippen LogP contribution >= 0.6 is 0 Å². The molecule has 0 radical (unpaired) electrons. The molecule has 0 bridgehead atoms. The maximum Gasteiger partial charge on any atom is 0.0746 e. The van der Waals surface area contributed by atoms with Gasteiger partial charge in [0.05, 0.1) is 5.52 Å². The molecule has 2 heteroatoms. The molecule has 1 N–H and O–H groups in total. The molecule has 0 fully saturated rings. The largest absolute Gasteiger partial charge is 0.309 e. The lowest BCUT2D eigenvalue weighted by Crippen LogP contribution is -2.13. The molecule has 20 heavy (non-hydrogen) atoms. The number of pyridine rings is 1. The Hall–Kier alpha value is -2.19. The van der Waals surface area contributed by atoms with E-state index in [0.717, 1.165) is 18.6 Å². The highest BCUT2D eigenvalue weighted by atomic mass is 14.9. The van der Waals surface area contributed by atoms with Gasteiger partial charge in [0.2, 0.25) is 0 Å². The van der Waals surface area contributed by atoms with Gasteiger partial charge in [-0.1, -0.05) is 54.1 Å². The number of hydrogen-bond donors (Lipinski definition) is 1. The van der Waals surface area contributed by atoms with E-state index in [1.54, 1.807) is 0 Å². The topological polar surface area (TPSA) is 24.9 Å². The standard InChI is InChI=1S/C18H18N2/c1-14-7-9-15(10-8-14)12-19-13-17-5-2-4-16-6-3-11-20-18(16)17/h2-11,19H,12-13H2,1H3. The Kier molecular flexibility index (Phi) is 3.75. The molecule has 0 amide bonds. The number of nitrogens with zero attached hydrogens (tertiary/aromatic N) is 1. The fourth-order valence-corrected chi connectivity index (χ4v) is 2.36. The Morgan fingerprint density at radius 2 is 1.70 bits per heavy atom. The van der Waals surface area contributed by atoms with Gasteiger partial charge in [-0.3, -0.25) is 4.98 Å². The van der Waals surface area contributed by atoms with Crippen molar-refractivity contribution in [2.24, 2.45) is 0 Å². The molecule has 0 aliphatic heterocycles. The van der Waals surface area contributed by atoms with Crippen molar-refractivity contribution < 1.29 is 0 Å². The molecule has 100 valence electrons. The summed E-state index contributed by atoms with van der Waals surface area (Å²) < 4.78 is 0. The molecule has 1 heterocycles. The van der Waals surface area contributed by atoms with Crippen LogP contribution < -0.4 is 5.32 Å². The first kappa shape index (κ1) is 12.8. The van der Waals surface area contributed by atoms with Crippen molar-refractivity contribution in [1.29, 1.82) is 0 Å². The lowest BCUT2D eigenvalue weighted by Gasteiger charge is -2.08. The zero-order chi connectivity index (χ0) is 13.8. The van der Waals surface area contributed by atoms with Gasteiger partial charge in [0.15, 0.2) is 0 Å². The summed E-state index contributed by atoms with van der Waals surface area (Å²) in [7, 11) is 0. The molecule has 3 aromatic rings. The van der Waals surface area contributed by atoms with E-state index in [9.17, 15) is 0 Å². The number of aromatic nitrogens is 1. The Bertz CT molecular complexity index is 697. The van der Waals surface area contributed by atoms with E-state index < -0.39 is 0 Å². The fourth-order valence-electron chi connectivity index (χ4n) is 2.36. The quantitative estimate of drug-likeness (QED) is 0.773. The van der Waals surface area contributed by atoms with Crippen LogP contribution in [0.4, 0.5) is 0 Å². The van der Waals surface area contributed by atoms with Crippen LogP contribution in [-0.4, -0.2) is 4.98 Å². The third kappa shape index (κ3) is 2.86. The summed E-state index contributed by atoms with van der Waals surface area (Å²) in [6, 6.07) is 19.0. The molecule has 0 saturated heterocycles. The van der Waals surface area contributed by atoms with Gasteiger partial charge in [0, 0.05) is 24.7 Å². The molecule has 2 nitrogen and oxygen atoms in total. The summed E-state index contributed by atoms with van der Waals surface area (Å²) in [5.74, 6) is 0. The Morgan fingerprint density at radius 1 is 0.900 bits per heavy atom. The zero-order valence-corrected chi connectivity index (χ0v) is 11.6. The minimum absolute atomic E-state index is 0.836. The van der Waals surface area contributed by atoms with Gasteiger partial charge < -0.3 is 5.32 Å². The number of rotatable bonds is 4. The number of para-hydroxylation sites is 1. The van der Waals surface area contributed by atoms with Crippen molar-refractivity contribution in [1.82, 2.24) is 10.3 Å². The first-order chi connectivity index (χ1) is 9.83. The lowest BCUT2D eigenvalue weighted by atomic mass is 10.1. The molecular weight excluding hydrogens is 244 g/mol. The third-order valence-electron chi connectivity index (χ3n) is 3.48. The highest BCUT2D eigenvalue weighted by Crippen LogP contribution is 2.15. The molecule has 0 spiro atoms. The first-order valence-corrected chi connectivity index (χ1v) is 6.92. The van der Waals surface area contributed by atoms with Crippen LogP contribution in [-0.2, 0) is 13.1 Å². The van der Waals surface area contributed by atoms with E-state index in [4.69, 9.17) is 0 Å². The fraction of sp³-hybridized carbons (Fsp3) is 0.167. The first-order valence-electron chi connectivity index (χ1n) is 6.92. The Morgan fingerprint density at radius 3 is 2.55 bits per heavy atom. The predicted octanol–water partition coefficient (Wildman–Crippen LogP) is 3.83. The second-order valence-electron chi connectivity index (χ2n) is 5.08. The number of fused-ring (bicyclic) bond motifs is 1. The summed E-state index contributed by atoms with van der Waals surface area (Å²) in [5.41, 5.74) is 4.94. The molecular formula is C18H18N2. The van der Waals surface area contributed by atoms with Gasteiger partial charge in [-0.25, -0.2) is 0 Å². The predicted molar refractivity (Wildman–Crippen MR) is 83.5 cm³/mol. The van der Waals surface area contributed by atoms with Crippen molar-refractivity contribution in [3.8, 4) is 0 Å². The molecule has 0 aliphatic carbocycles. The Balaban J connectivity index is 1.69. The van der Waals surface area contributed by atoms with Crippen LogP contribution in [0, 0.1) is 6.92 Å². The zero-order valence-electron chi connectivity index (χ0n) is 11.6. The summed E-state index contributed by atoms with van der Waals surface area (Å²) in [6.45, 7) is 3.82. The molecule has 0 unspecified atom stereocenters. The van der Waals surface area contributed by atoms with Crippen molar-refractivity contribution in [3.63, 3.8) is 0 Å². The van der Waals surface area contributed by atoms with Crippen LogP contribution in [0.1, 0.15) is 16.7 Å². The smallest absolute Gasteiger partial charge is 0.0746 e. The van der Waals surface area contributed by atoms with Gasteiger partial charge >= 0.3 is 0 Å². The second-order valence-corrected chi connectivity index (χ2v) is 5.08. The monoisotopic (exact) mass is 262 g/mol. The highest BCUT2D eigenvalue weighted by molar-refractivity contribution is 5.81. The average molecular weight is 262 g/mol. The summed E-state index contributed by atoms with van der Waals surface area (Å²) >= 11 is 0. The van der Waals surface area contributed by atoms with E-state index >= 15 is 0 Å². The van der Waals surface area contributed by atoms with Gasteiger partial charge in [0.1, 0.15) is 0 Å². The van der Waals surface area contributed by atoms with Gasteiger partial charge in [0.25, 0.3) is 0 Å². The van der Waals surface area contributed by atoms with Crippen LogP contribution in [0.3, 0.4) is 0 Å². The van der Waals surface area contributed by atoms with E-state index in [1.807, 2.05) is 12.3 Å². The number of nitrogens with one attached hydrogen (secondary N) is 1. The van der Waals surface area contributed by atoms with E-state index in [1.165, 1.54) is 22.1 Å². The van der Waals surface area contributed by atoms with Crippen molar-refractivity contribution in [2.75, 3.05) is 0 Å². The number of aryl methyl sites for hydroxylation is 1. The molecule has 0 saturated carbocycles. The van der Waals surface area contributed by atoms with E-state index in [0.29, 0.717) is 0 Å². The molecule has 0 atom stereocenters. The van der Waals surface area contributed by atoms with Crippen molar-refractivity contribution >= 4 is 10.9 Å². The maximum atomic E-state index is 4.48. The van der Waals surface area contributed by atoms with Gasteiger partial charge in [-0.15, -0.1) is 0 Å². The minimum atomic E-state index is 0.836. The van der Waals surface area contributed by atoms with Crippen molar-refractivity contribution in [2.45, 2.75) is 20.0 Å². The third-order valence-corrected chi connectivity index (χ3v) is 3.48. The van der Waals surface area contributed by atoms with Crippen molar-refractivity contribution in [3.05, 3.63) is 77.5 Å². The highest BCUT2D eigenvalue weighted by Gasteiger charge is 2.01. The number of benzene rings is 2. The van der Waals surface area contributed by atoms with Crippen LogP contribution in [0.25, 0.3) is 10.9 Å². The summed E-state index contributed by atoms with van der Waals surface area (Å²) in [6.07, 6.45) is 1.85. The number of hydrogen-bond acceptors (Lipinski definition) is 2. The van der Waals surface area contributed by atoms with Gasteiger partial charge in [-0.05, 0) is 24.1 Å². The van der Waals surface area contributed by atoms with Crippen LogP contribution in [0.5, 0.6) is 0 Å². The Labute approximate surface area is 119 Å². The summed E-state index contributed by atoms with van der Waals surface area (Å²) in [4.78, 5) is 4.48. The van der Waals surface area contributed by atoms with E-state index in [-0.39, 0.29) is 0 Å². The van der Waals surface area contributed by atoms with E-state index in [2.05, 4.69) is 65.8 Å².